The van der Waals surface area contributed by atoms with Crippen LogP contribution in [0, 0.1) is 5.92 Å². The summed E-state index contributed by atoms with van der Waals surface area (Å²) in [5, 5.41) is 9.01. The minimum absolute atomic E-state index is 0.145. The highest BCUT2D eigenvalue weighted by Gasteiger charge is 2.22. The second kappa shape index (κ2) is 27.0. The third-order valence-corrected chi connectivity index (χ3v) is 6.67. The first-order valence-electron chi connectivity index (χ1n) is 14.8. The first kappa shape index (κ1) is 33.4. The molecule has 0 bridgehead atoms. The molecule has 204 valence electrons. The van der Waals surface area contributed by atoms with E-state index in [4.69, 9.17) is 9.84 Å². The number of carbonyl (C=O) groups is 2. The molecule has 1 atom stereocenters. The summed E-state index contributed by atoms with van der Waals surface area (Å²) in [5.41, 5.74) is 0. The largest absolute Gasteiger partial charge is 0.481 e. The lowest BCUT2D eigenvalue weighted by Gasteiger charge is -2.13. The van der Waals surface area contributed by atoms with Crippen molar-refractivity contribution in [2.75, 3.05) is 6.61 Å². The number of carboxylic acids is 1. The van der Waals surface area contributed by atoms with Gasteiger partial charge in [0, 0.05) is 0 Å². The second-order valence-electron chi connectivity index (χ2n) is 10.0. The molecule has 0 fully saturated rings. The molecule has 0 heterocycles. The molecule has 0 rings (SSSR count). The van der Waals surface area contributed by atoms with Crippen molar-refractivity contribution in [3.05, 3.63) is 24.8 Å². The van der Waals surface area contributed by atoms with Gasteiger partial charge in [-0.25, -0.2) is 0 Å². The predicted molar refractivity (Wildman–Crippen MR) is 149 cm³/mol. The van der Waals surface area contributed by atoms with Crippen LogP contribution in [0.4, 0.5) is 0 Å². The molecule has 0 aromatic carbocycles. The fraction of sp³-hybridized carbons (Fsp3) is 0.806. The van der Waals surface area contributed by atoms with E-state index in [1.165, 1.54) is 115 Å². The van der Waals surface area contributed by atoms with Gasteiger partial charge in [0.1, 0.15) is 6.61 Å². The van der Waals surface area contributed by atoms with E-state index >= 15 is 0 Å². The third-order valence-electron chi connectivity index (χ3n) is 6.67. The van der Waals surface area contributed by atoms with Crippen LogP contribution in [0.3, 0.4) is 0 Å². The van der Waals surface area contributed by atoms with Crippen LogP contribution in [0.15, 0.2) is 24.8 Å². The molecule has 0 aliphatic carbocycles. The monoisotopic (exact) mass is 492 g/mol. The van der Waals surface area contributed by atoms with Crippen molar-refractivity contribution in [2.45, 2.75) is 148 Å². The summed E-state index contributed by atoms with van der Waals surface area (Å²) in [7, 11) is 0. The number of unbranched alkanes of at least 4 members (excludes halogenated alkanes) is 18. The van der Waals surface area contributed by atoms with Gasteiger partial charge in [-0.1, -0.05) is 141 Å². The van der Waals surface area contributed by atoms with Crippen molar-refractivity contribution in [3.63, 3.8) is 0 Å². The number of hydrogen-bond donors (Lipinski definition) is 1. The summed E-state index contributed by atoms with van der Waals surface area (Å²) in [6, 6.07) is 0. The van der Waals surface area contributed by atoms with Crippen molar-refractivity contribution in [2.24, 2.45) is 5.92 Å². The Balaban J connectivity index is 3.37. The average molecular weight is 493 g/mol. The van der Waals surface area contributed by atoms with Gasteiger partial charge < -0.3 is 9.84 Å². The van der Waals surface area contributed by atoms with E-state index in [-0.39, 0.29) is 13.0 Å². The molecule has 4 nitrogen and oxygen atoms in total. The third kappa shape index (κ3) is 25.3. The molecule has 1 N–H and O–H groups in total. The number of esters is 1. The number of hydrogen-bond acceptors (Lipinski definition) is 3. The van der Waals surface area contributed by atoms with Gasteiger partial charge in [0.05, 0.1) is 12.3 Å². The number of rotatable bonds is 27. The van der Waals surface area contributed by atoms with E-state index in [1.807, 2.05) is 0 Å². The highest BCUT2D eigenvalue weighted by molar-refractivity contribution is 5.79. The van der Waals surface area contributed by atoms with Crippen LogP contribution in [0.1, 0.15) is 148 Å². The zero-order valence-electron chi connectivity index (χ0n) is 23.0. The minimum Gasteiger partial charge on any atom is -0.481 e. The topological polar surface area (TPSA) is 63.6 Å². The van der Waals surface area contributed by atoms with E-state index in [0.717, 1.165) is 19.3 Å². The van der Waals surface area contributed by atoms with Gasteiger partial charge in [0.25, 0.3) is 0 Å². The van der Waals surface area contributed by atoms with E-state index in [0.29, 0.717) is 6.42 Å². The predicted octanol–water partition coefficient (Wildman–Crippen LogP) is 9.57. The molecular formula is C31H56O4. The van der Waals surface area contributed by atoms with Gasteiger partial charge in [-0.3, -0.25) is 9.59 Å². The molecular weight excluding hydrogens is 436 g/mol. The molecule has 0 aliphatic heterocycles. The smallest absolute Gasteiger partial charge is 0.309 e. The Morgan fingerprint density at radius 1 is 0.714 bits per heavy atom. The molecule has 0 saturated heterocycles. The summed E-state index contributed by atoms with van der Waals surface area (Å²) >= 11 is 0. The number of allylic oxidation sites excluding steroid dienone is 2. The fourth-order valence-electron chi connectivity index (χ4n) is 4.54. The van der Waals surface area contributed by atoms with Gasteiger partial charge >= 0.3 is 11.9 Å². The van der Waals surface area contributed by atoms with Crippen molar-refractivity contribution in [3.8, 4) is 0 Å². The lowest BCUT2D eigenvalue weighted by molar-refractivity contribution is -0.152. The molecule has 0 aromatic rings. The molecule has 4 heteroatoms. The van der Waals surface area contributed by atoms with Gasteiger partial charge in [-0.2, -0.15) is 0 Å². The maximum Gasteiger partial charge on any atom is 0.309 e. The normalized spacial score (nSPS) is 12.1. The molecule has 0 amide bonds. The number of carboxylic acid groups (broad SMARTS) is 1. The zero-order valence-corrected chi connectivity index (χ0v) is 23.0. The van der Waals surface area contributed by atoms with Crippen molar-refractivity contribution < 1.29 is 19.4 Å². The number of aliphatic carboxylic acids is 1. The summed E-state index contributed by atoms with van der Waals surface area (Å²) < 4.78 is 5.03. The van der Waals surface area contributed by atoms with Crippen LogP contribution in [0.5, 0.6) is 0 Å². The number of carbonyl (C=O) groups excluding carboxylic acids is 1. The summed E-state index contributed by atoms with van der Waals surface area (Å²) in [6.07, 6.45) is 32.7. The Labute approximate surface area is 217 Å². The fourth-order valence-corrected chi connectivity index (χ4v) is 4.54. The molecule has 0 aliphatic rings. The van der Waals surface area contributed by atoms with E-state index in [2.05, 4.69) is 25.7 Å². The molecule has 0 aromatic heterocycles. The van der Waals surface area contributed by atoms with Gasteiger partial charge in [0.2, 0.25) is 0 Å². The van der Waals surface area contributed by atoms with Crippen LogP contribution in [-0.4, -0.2) is 23.7 Å². The Morgan fingerprint density at radius 2 is 1.14 bits per heavy atom. The Morgan fingerprint density at radius 3 is 1.54 bits per heavy atom. The van der Waals surface area contributed by atoms with Crippen LogP contribution in [-0.2, 0) is 14.3 Å². The maximum absolute atomic E-state index is 12.0. The van der Waals surface area contributed by atoms with Crippen LogP contribution in [0.2, 0.25) is 0 Å². The molecule has 0 saturated carbocycles. The summed E-state index contributed by atoms with van der Waals surface area (Å²) in [6.45, 7) is 5.86. The van der Waals surface area contributed by atoms with Gasteiger partial charge in [-0.05, 0) is 25.7 Å². The minimum atomic E-state index is -0.942. The van der Waals surface area contributed by atoms with E-state index < -0.39 is 17.9 Å². The summed E-state index contributed by atoms with van der Waals surface area (Å²) in [5.74, 6) is -1.88. The van der Waals surface area contributed by atoms with E-state index in [1.54, 1.807) is 0 Å². The van der Waals surface area contributed by atoms with Crippen LogP contribution < -0.4 is 0 Å². The van der Waals surface area contributed by atoms with Gasteiger partial charge in [-0.15, -0.1) is 0 Å². The molecule has 1 unspecified atom stereocenters. The van der Waals surface area contributed by atoms with Gasteiger partial charge in [0.15, 0.2) is 0 Å². The number of ether oxygens (including phenoxy) is 1. The van der Waals surface area contributed by atoms with Crippen molar-refractivity contribution in [1.82, 2.24) is 0 Å². The first-order valence-corrected chi connectivity index (χ1v) is 14.8. The van der Waals surface area contributed by atoms with Crippen molar-refractivity contribution >= 4 is 11.9 Å². The van der Waals surface area contributed by atoms with Crippen molar-refractivity contribution in [1.29, 1.82) is 0 Å². The molecule has 0 radical (unpaired) electrons. The Bertz CT molecular complexity index is 526. The summed E-state index contributed by atoms with van der Waals surface area (Å²) in [4.78, 5) is 22.9. The zero-order chi connectivity index (χ0) is 25.8. The average Bonchev–Trinajstić information content (AvgIpc) is 2.84. The first-order chi connectivity index (χ1) is 17.1. The lowest BCUT2D eigenvalue weighted by Crippen LogP contribution is -2.21. The van der Waals surface area contributed by atoms with Crippen LogP contribution >= 0.6 is 0 Å². The highest BCUT2D eigenvalue weighted by Crippen LogP contribution is 2.18. The maximum atomic E-state index is 12.0. The quantitative estimate of drug-likeness (QED) is 0.0704. The lowest BCUT2D eigenvalue weighted by atomic mass is 9.97. The Hall–Kier alpha value is -1.58. The molecule has 0 spiro atoms. The molecule has 35 heavy (non-hydrogen) atoms. The highest BCUT2D eigenvalue weighted by atomic mass is 16.5. The second-order valence-corrected chi connectivity index (χ2v) is 10.0. The van der Waals surface area contributed by atoms with E-state index in [9.17, 15) is 9.59 Å². The SMILES string of the molecule is C=CCOC(=O)C(CCCCCCCCCCCCCCCCCCCC/C=C/CC)CC(=O)O. The Kier molecular flexibility index (Phi) is 25.8. The van der Waals surface area contributed by atoms with Crippen LogP contribution in [0.25, 0.3) is 0 Å². The standard InChI is InChI=1S/C31H56O4/c1-3-5-6-7-8-9-10-11-12-13-14-15-16-17-18-19-20-21-22-23-24-25-26-29(28-30(32)33)31(34)35-27-4-2/h4-6,29H,2-3,7-28H2,1H3,(H,32,33)/b6-5+.